The molecule has 0 fully saturated rings. The number of hydrogen-bond acceptors (Lipinski definition) is 6. The van der Waals surface area contributed by atoms with Gasteiger partial charge in [-0.3, -0.25) is 14.4 Å². The van der Waals surface area contributed by atoms with E-state index in [2.05, 4.69) is 93.7 Å². The van der Waals surface area contributed by atoms with Crippen LogP contribution in [0.5, 0.6) is 0 Å². The zero-order chi connectivity index (χ0) is 47.9. The molecule has 380 valence electrons. The second-order valence-electron chi connectivity index (χ2n) is 18.5. The van der Waals surface area contributed by atoms with Gasteiger partial charge in [0.25, 0.3) is 0 Å². The smallest absolute Gasteiger partial charge is 0.306 e. The van der Waals surface area contributed by atoms with E-state index in [4.69, 9.17) is 14.2 Å². The van der Waals surface area contributed by atoms with Gasteiger partial charge in [-0.25, -0.2) is 0 Å². The lowest BCUT2D eigenvalue weighted by atomic mass is 10.1. The van der Waals surface area contributed by atoms with E-state index in [0.717, 1.165) is 77.0 Å². The van der Waals surface area contributed by atoms with Gasteiger partial charge in [-0.15, -0.1) is 0 Å². The number of esters is 3. The average Bonchev–Trinajstić information content (AvgIpc) is 3.31. The first-order valence-electron chi connectivity index (χ1n) is 27.9. The molecule has 6 heteroatoms. The molecule has 66 heavy (non-hydrogen) atoms. The lowest BCUT2D eigenvalue weighted by Crippen LogP contribution is -2.30. The SMILES string of the molecule is CCCCC/C=C\C/C=C\C/C=C\C/C=C\CCCC(=O)OCC(COC(=O)CCCCC/C=C\CCCCCCCCC)OC(=O)CCCCCCCCC/C=C\CCCCCCCC. The second kappa shape index (κ2) is 54.5. The number of carbonyl (C=O) groups excluding carboxylic acids is 3. The Morgan fingerprint density at radius 2 is 0.561 bits per heavy atom. The number of unbranched alkanes of at least 4 members (excludes halogenated alkanes) is 27. The molecule has 0 bridgehead atoms. The summed E-state index contributed by atoms with van der Waals surface area (Å²) in [6, 6.07) is 0. The third-order valence-electron chi connectivity index (χ3n) is 11.9. The van der Waals surface area contributed by atoms with E-state index < -0.39 is 6.10 Å². The van der Waals surface area contributed by atoms with E-state index in [1.54, 1.807) is 0 Å². The molecule has 0 saturated heterocycles. The van der Waals surface area contributed by atoms with E-state index >= 15 is 0 Å². The number of carbonyl (C=O) groups is 3. The van der Waals surface area contributed by atoms with Crippen molar-refractivity contribution in [3.63, 3.8) is 0 Å². The lowest BCUT2D eigenvalue weighted by Gasteiger charge is -2.18. The van der Waals surface area contributed by atoms with Crippen molar-refractivity contribution in [3.05, 3.63) is 72.9 Å². The van der Waals surface area contributed by atoms with Crippen LogP contribution in [0.3, 0.4) is 0 Å². The molecule has 0 aliphatic rings. The van der Waals surface area contributed by atoms with Gasteiger partial charge >= 0.3 is 17.9 Å². The van der Waals surface area contributed by atoms with Crippen LogP contribution < -0.4 is 0 Å². The Hall–Kier alpha value is -3.15. The standard InChI is InChI=1S/C60H104O6/c1-4-7-10-13-16-19-22-25-28-30-32-35-38-41-44-47-50-53-59(62)65-56-57(55-64-58(61)52-49-46-43-40-37-34-27-24-21-18-15-12-9-6-3)66-60(63)54-51-48-45-42-39-36-33-31-29-26-23-20-17-14-11-8-5-2/h16,19,25-26,28-29,32,34-35,37,41,44,57H,4-15,17-18,20-24,27,30-31,33,36,38-40,42-43,45-56H2,1-3H3/b19-16-,28-25-,29-26-,35-32-,37-34-,44-41-. The zero-order valence-corrected chi connectivity index (χ0v) is 43.4. The van der Waals surface area contributed by atoms with Gasteiger partial charge in [0.05, 0.1) is 0 Å². The minimum absolute atomic E-state index is 0.102. The summed E-state index contributed by atoms with van der Waals surface area (Å²) in [7, 11) is 0. The largest absolute Gasteiger partial charge is 0.462 e. The Balaban J connectivity index is 4.48. The molecule has 0 heterocycles. The van der Waals surface area contributed by atoms with E-state index in [-0.39, 0.29) is 37.5 Å². The Labute approximate surface area is 408 Å². The molecular formula is C60H104O6. The van der Waals surface area contributed by atoms with Crippen LogP contribution in [0.25, 0.3) is 0 Å². The maximum atomic E-state index is 12.8. The summed E-state index contributed by atoms with van der Waals surface area (Å²) in [5.41, 5.74) is 0. The average molecular weight is 921 g/mol. The second-order valence-corrected chi connectivity index (χ2v) is 18.5. The van der Waals surface area contributed by atoms with Crippen LogP contribution in [0, 0.1) is 0 Å². The third-order valence-corrected chi connectivity index (χ3v) is 11.9. The molecule has 0 spiro atoms. The highest BCUT2D eigenvalue weighted by Crippen LogP contribution is 2.14. The van der Waals surface area contributed by atoms with Gasteiger partial charge in [0, 0.05) is 19.3 Å². The summed E-state index contributed by atoms with van der Waals surface area (Å²) in [5, 5.41) is 0. The Morgan fingerprint density at radius 3 is 0.970 bits per heavy atom. The van der Waals surface area contributed by atoms with Crippen molar-refractivity contribution in [1.82, 2.24) is 0 Å². The highest BCUT2D eigenvalue weighted by atomic mass is 16.6. The van der Waals surface area contributed by atoms with Gasteiger partial charge in [0.2, 0.25) is 0 Å². The number of allylic oxidation sites excluding steroid dienone is 12. The van der Waals surface area contributed by atoms with Crippen molar-refractivity contribution in [1.29, 1.82) is 0 Å². The molecule has 0 amide bonds. The summed E-state index contributed by atoms with van der Waals surface area (Å²) < 4.78 is 16.8. The predicted octanol–water partition coefficient (Wildman–Crippen LogP) is 18.6. The molecule has 0 aromatic carbocycles. The summed E-state index contributed by atoms with van der Waals surface area (Å²) >= 11 is 0. The van der Waals surface area contributed by atoms with Gasteiger partial charge in [-0.2, -0.15) is 0 Å². The van der Waals surface area contributed by atoms with Gasteiger partial charge in [-0.1, -0.05) is 216 Å². The molecule has 0 aromatic rings. The summed E-state index contributed by atoms with van der Waals surface area (Å²) in [5.74, 6) is -0.973. The lowest BCUT2D eigenvalue weighted by molar-refractivity contribution is -0.167. The van der Waals surface area contributed by atoms with Gasteiger partial charge in [0.1, 0.15) is 13.2 Å². The van der Waals surface area contributed by atoms with E-state index in [1.165, 1.54) is 148 Å². The fourth-order valence-electron chi connectivity index (χ4n) is 7.66. The van der Waals surface area contributed by atoms with Crippen LogP contribution in [0.4, 0.5) is 0 Å². The first-order chi connectivity index (χ1) is 32.5. The van der Waals surface area contributed by atoms with E-state index in [9.17, 15) is 14.4 Å². The van der Waals surface area contributed by atoms with Crippen molar-refractivity contribution < 1.29 is 28.6 Å². The first kappa shape index (κ1) is 62.8. The Kier molecular flexibility index (Phi) is 51.9. The van der Waals surface area contributed by atoms with Crippen LogP contribution >= 0.6 is 0 Å². The highest BCUT2D eigenvalue weighted by Gasteiger charge is 2.19. The number of ether oxygens (including phenoxy) is 3. The van der Waals surface area contributed by atoms with Crippen molar-refractivity contribution in [2.75, 3.05) is 13.2 Å². The van der Waals surface area contributed by atoms with Crippen molar-refractivity contribution in [3.8, 4) is 0 Å². The topological polar surface area (TPSA) is 78.9 Å². The van der Waals surface area contributed by atoms with Crippen LogP contribution in [0.2, 0.25) is 0 Å². The molecule has 1 unspecified atom stereocenters. The van der Waals surface area contributed by atoms with E-state index in [0.29, 0.717) is 19.3 Å². The van der Waals surface area contributed by atoms with Crippen LogP contribution in [0.1, 0.15) is 271 Å². The summed E-state index contributed by atoms with van der Waals surface area (Å²) in [6.45, 7) is 6.55. The normalized spacial score (nSPS) is 12.6. The fourth-order valence-corrected chi connectivity index (χ4v) is 7.66. The predicted molar refractivity (Wildman–Crippen MR) is 284 cm³/mol. The number of hydrogen-bond donors (Lipinski definition) is 0. The fraction of sp³-hybridized carbons (Fsp3) is 0.750. The molecular weight excluding hydrogens is 817 g/mol. The molecule has 0 N–H and O–H groups in total. The molecule has 1 atom stereocenters. The van der Waals surface area contributed by atoms with E-state index in [1.807, 2.05) is 0 Å². The van der Waals surface area contributed by atoms with Crippen molar-refractivity contribution in [2.24, 2.45) is 0 Å². The Bertz CT molecular complexity index is 1240. The molecule has 0 radical (unpaired) electrons. The highest BCUT2D eigenvalue weighted by molar-refractivity contribution is 5.71. The van der Waals surface area contributed by atoms with Gasteiger partial charge < -0.3 is 14.2 Å². The molecule has 0 aliphatic carbocycles. The van der Waals surface area contributed by atoms with Gasteiger partial charge in [-0.05, 0) is 109 Å². The summed E-state index contributed by atoms with van der Waals surface area (Å²) in [4.78, 5) is 38.1. The van der Waals surface area contributed by atoms with Crippen molar-refractivity contribution in [2.45, 2.75) is 277 Å². The van der Waals surface area contributed by atoms with Crippen LogP contribution in [-0.4, -0.2) is 37.2 Å². The van der Waals surface area contributed by atoms with Crippen molar-refractivity contribution >= 4 is 17.9 Å². The third kappa shape index (κ3) is 51.8. The maximum absolute atomic E-state index is 12.8. The number of rotatable bonds is 50. The molecule has 6 nitrogen and oxygen atoms in total. The maximum Gasteiger partial charge on any atom is 0.306 e. The molecule has 0 aliphatic heterocycles. The molecule has 0 saturated carbocycles. The molecule has 0 rings (SSSR count). The molecule has 0 aromatic heterocycles. The van der Waals surface area contributed by atoms with Crippen LogP contribution in [0.15, 0.2) is 72.9 Å². The van der Waals surface area contributed by atoms with Crippen LogP contribution in [-0.2, 0) is 28.6 Å². The monoisotopic (exact) mass is 921 g/mol. The minimum Gasteiger partial charge on any atom is -0.462 e. The Morgan fingerprint density at radius 1 is 0.303 bits per heavy atom. The van der Waals surface area contributed by atoms with Gasteiger partial charge in [0.15, 0.2) is 6.10 Å². The first-order valence-corrected chi connectivity index (χ1v) is 27.9. The zero-order valence-electron chi connectivity index (χ0n) is 43.4. The quantitative estimate of drug-likeness (QED) is 0.0262. The minimum atomic E-state index is -0.805. The summed E-state index contributed by atoms with van der Waals surface area (Å²) in [6.07, 6.45) is 68.9.